The number of alkyl halides is 3. The molecule has 4 aromatic rings. The minimum Gasteiger partial charge on any atom is -0.455 e. The Morgan fingerprint density at radius 2 is 1.86 bits per heavy atom. The number of nitro benzene ring substituents is 1. The number of non-ortho nitro benzene ring substituents is 1. The summed E-state index contributed by atoms with van der Waals surface area (Å²) >= 11 is 6.12. The van der Waals surface area contributed by atoms with Gasteiger partial charge in [0.2, 0.25) is 0 Å². The Hall–Kier alpha value is -3.91. The van der Waals surface area contributed by atoms with Crippen molar-refractivity contribution in [2.75, 3.05) is 11.4 Å². The number of sulfonamides is 1. The number of fused-ring (bicyclic) bond motifs is 1. The van der Waals surface area contributed by atoms with Gasteiger partial charge in [0.25, 0.3) is 15.7 Å². The summed E-state index contributed by atoms with van der Waals surface area (Å²) in [5, 5.41) is 17.9. The number of rotatable bonds is 8. The molecule has 4 rings (SSSR count). The Bertz CT molecular complexity index is 1550. The maximum Gasteiger partial charge on any atom is 0.304 e. The van der Waals surface area contributed by atoms with Crippen LogP contribution in [0.1, 0.15) is 5.56 Å². The number of hydrogen-bond acceptors (Lipinski definition) is 8. The Kier molecular flexibility index (Phi) is 6.25. The van der Waals surface area contributed by atoms with Crippen molar-refractivity contribution < 1.29 is 35.9 Å². The molecule has 0 fully saturated rings. The van der Waals surface area contributed by atoms with Crippen molar-refractivity contribution in [2.45, 2.75) is 10.8 Å². The lowest BCUT2D eigenvalue weighted by Crippen LogP contribution is -2.17. The molecule has 0 radical (unpaired) electrons. The normalized spacial score (nSPS) is 12.0. The number of nitrogens with one attached hydrogen (secondary N) is 1. The molecule has 0 unspecified atom stereocenters. The van der Waals surface area contributed by atoms with Gasteiger partial charge in [-0.2, -0.15) is 8.78 Å². The zero-order valence-electron chi connectivity index (χ0n) is 17.1. The first-order valence-electron chi connectivity index (χ1n) is 9.46. The summed E-state index contributed by atoms with van der Waals surface area (Å²) < 4.78 is 79.0. The van der Waals surface area contributed by atoms with Crippen molar-refractivity contribution in [3.8, 4) is 11.5 Å². The van der Waals surface area contributed by atoms with Gasteiger partial charge in [0, 0.05) is 12.1 Å². The van der Waals surface area contributed by atoms with E-state index < -0.39 is 44.5 Å². The van der Waals surface area contributed by atoms with Crippen LogP contribution in [0.4, 0.5) is 24.5 Å². The Labute approximate surface area is 199 Å². The zero-order chi connectivity index (χ0) is 25.4. The molecule has 0 saturated carbocycles. The number of nitrogens with zero attached hydrogens (tertiary/aromatic N) is 3. The highest BCUT2D eigenvalue weighted by atomic mass is 35.5. The van der Waals surface area contributed by atoms with E-state index in [2.05, 4.69) is 19.7 Å². The van der Waals surface area contributed by atoms with Crippen molar-refractivity contribution in [1.82, 2.24) is 10.3 Å². The fourth-order valence-electron chi connectivity index (χ4n) is 3.02. The van der Waals surface area contributed by atoms with Crippen LogP contribution >= 0.6 is 11.6 Å². The van der Waals surface area contributed by atoms with Crippen molar-refractivity contribution in [3.63, 3.8) is 0 Å². The molecule has 0 aliphatic heterocycles. The van der Waals surface area contributed by atoms with Crippen molar-refractivity contribution in [1.29, 1.82) is 0 Å². The van der Waals surface area contributed by atoms with Gasteiger partial charge < -0.3 is 4.74 Å². The topological polar surface area (TPSA) is 137 Å². The van der Waals surface area contributed by atoms with Crippen LogP contribution in [-0.2, 0) is 15.9 Å². The molecule has 182 valence electrons. The van der Waals surface area contributed by atoms with Gasteiger partial charge in [0.05, 0.1) is 26.1 Å². The average molecular weight is 529 g/mol. The first-order chi connectivity index (χ1) is 16.5. The molecule has 0 amide bonds. The highest BCUT2D eigenvalue weighted by molar-refractivity contribution is 7.92. The number of halogens is 4. The van der Waals surface area contributed by atoms with Crippen LogP contribution in [0.25, 0.3) is 11.0 Å². The predicted octanol–water partition coefficient (Wildman–Crippen LogP) is 5.44. The number of nitro groups is 1. The lowest BCUT2D eigenvalue weighted by molar-refractivity contribution is -0.385. The van der Waals surface area contributed by atoms with Gasteiger partial charge in [-0.15, -0.1) is 0 Å². The third-order valence-electron chi connectivity index (χ3n) is 4.70. The summed E-state index contributed by atoms with van der Waals surface area (Å²) in [6.45, 7) is -2.13. The molecule has 0 atom stereocenters. The van der Waals surface area contributed by atoms with Gasteiger partial charge in [0.15, 0.2) is 12.2 Å². The summed E-state index contributed by atoms with van der Waals surface area (Å²) in [5.41, 5.74) is -1.20. The average Bonchev–Trinajstić information content (AvgIpc) is 3.30. The van der Waals surface area contributed by atoms with E-state index in [4.69, 9.17) is 16.3 Å². The van der Waals surface area contributed by atoms with E-state index in [1.54, 1.807) is 6.07 Å². The minimum absolute atomic E-state index is 0.0872. The van der Waals surface area contributed by atoms with Gasteiger partial charge in [-0.25, -0.2) is 17.4 Å². The summed E-state index contributed by atoms with van der Waals surface area (Å²) in [6.07, 6.45) is 0. The summed E-state index contributed by atoms with van der Waals surface area (Å²) in [7, 11) is -4.19. The maximum absolute atomic E-state index is 14.1. The zero-order valence-corrected chi connectivity index (χ0v) is 18.7. The summed E-state index contributed by atoms with van der Waals surface area (Å²) in [4.78, 5) is 9.72. The molecule has 15 heteroatoms. The number of anilines is 1. The van der Waals surface area contributed by atoms with Crippen LogP contribution in [-0.4, -0.2) is 30.3 Å². The monoisotopic (exact) mass is 528 g/mol. The second-order valence-corrected chi connectivity index (χ2v) is 9.10. The van der Waals surface area contributed by atoms with E-state index in [9.17, 15) is 31.7 Å². The van der Waals surface area contributed by atoms with Crippen LogP contribution in [0.15, 0.2) is 64.1 Å². The number of ether oxygens (including phenoxy) is 1. The fourth-order valence-corrected chi connectivity index (χ4v) is 4.40. The van der Waals surface area contributed by atoms with Crippen molar-refractivity contribution in [3.05, 3.63) is 75.3 Å². The van der Waals surface area contributed by atoms with E-state index in [0.717, 1.165) is 30.3 Å². The van der Waals surface area contributed by atoms with Crippen molar-refractivity contribution in [2.24, 2.45) is 0 Å². The van der Waals surface area contributed by atoms with Crippen LogP contribution in [0.5, 0.6) is 11.5 Å². The standard InChI is InChI=1S/C20H12ClF3N4O6S/c21-14-9-12(35(31,32)27-16-3-1-2-15-19(16)26-34-25-15)5-7-18(14)33-17-6-4-11(28(29)30)8-13(17)20(23,24)10-22/h1-9,27H,10H2. The highest BCUT2D eigenvalue weighted by Gasteiger charge is 2.37. The quantitative estimate of drug-likeness (QED) is 0.236. The fraction of sp³-hybridized carbons (Fsp3) is 0.100. The third-order valence-corrected chi connectivity index (χ3v) is 6.36. The van der Waals surface area contributed by atoms with Gasteiger partial charge >= 0.3 is 5.92 Å². The molecule has 1 aromatic heterocycles. The van der Waals surface area contributed by atoms with Crippen molar-refractivity contribution >= 4 is 44.0 Å². The van der Waals surface area contributed by atoms with E-state index in [0.29, 0.717) is 11.6 Å². The molecule has 0 aliphatic rings. The van der Waals surface area contributed by atoms with E-state index in [1.165, 1.54) is 12.1 Å². The Morgan fingerprint density at radius 1 is 1.11 bits per heavy atom. The predicted molar refractivity (Wildman–Crippen MR) is 117 cm³/mol. The SMILES string of the molecule is O=[N+]([O-])c1ccc(Oc2ccc(S(=O)(=O)Nc3cccc4nonc34)cc2Cl)c(C(F)(F)CF)c1. The maximum atomic E-state index is 14.1. The van der Waals surface area contributed by atoms with Crippen LogP contribution in [0, 0.1) is 10.1 Å². The van der Waals surface area contributed by atoms with E-state index >= 15 is 0 Å². The minimum atomic E-state index is -4.19. The Balaban J connectivity index is 1.65. The molecular formula is C20H12ClF3N4O6S. The second kappa shape index (κ2) is 9.03. The lowest BCUT2D eigenvalue weighted by Gasteiger charge is -2.18. The molecule has 1 heterocycles. The summed E-state index contributed by atoms with van der Waals surface area (Å²) in [5.74, 6) is -4.94. The molecule has 10 nitrogen and oxygen atoms in total. The van der Waals surface area contributed by atoms with Gasteiger partial charge in [0.1, 0.15) is 17.0 Å². The number of aromatic nitrogens is 2. The van der Waals surface area contributed by atoms with Crippen LogP contribution in [0.3, 0.4) is 0 Å². The van der Waals surface area contributed by atoms with E-state index in [-0.39, 0.29) is 26.9 Å². The Morgan fingerprint density at radius 3 is 2.54 bits per heavy atom. The second-order valence-electron chi connectivity index (χ2n) is 7.01. The number of hydrogen-bond donors (Lipinski definition) is 1. The summed E-state index contributed by atoms with van der Waals surface area (Å²) in [6, 6.07) is 9.95. The smallest absolute Gasteiger partial charge is 0.304 e. The first-order valence-corrected chi connectivity index (χ1v) is 11.3. The highest BCUT2D eigenvalue weighted by Crippen LogP contribution is 2.41. The van der Waals surface area contributed by atoms with Gasteiger partial charge in [-0.1, -0.05) is 17.7 Å². The number of benzene rings is 3. The molecule has 0 spiro atoms. The molecule has 1 N–H and O–H groups in total. The molecule has 0 saturated heterocycles. The molecule has 3 aromatic carbocycles. The van der Waals surface area contributed by atoms with Gasteiger partial charge in [-0.05, 0) is 46.7 Å². The molecular weight excluding hydrogens is 517 g/mol. The largest absolute Gasteiger partial charge is 0.455 e. The molecule has 0 bridgehead atoms. The molecule has 35 heavy (non-hydrogen) atoms. The first kappa shape index (κ1) is 24.2. The third kappa shape index (κ3) is 4.83. The van der Waals surface area contributed by atoms with Crippen LogP contribution < -0.4 is 9.46 Å². The molecule has 0 aliphatic carbocycles. The van der Waals surface area contributed by atoms with Gasteiger partial charge in [-0.3, -0.25) is 14.8 Å². The van der Waals surface area contributed by atoms with Crippen LogP contribution in [0.2, 0.25) is 5.02 Å². The lowest BCUT2D eigenvalue weighted by atomic mass is 10.1. The van der Waals surface area contributed by atoms with E-state index in [1.807, 2.05) is 0 Å².